The van der Waals surface area contributed by atoms with Gasteiger partial charge >= 0.3 is 11.8 Å². The first-order chi connectivity index (χ1) is 12.1. The molecule has 1 N–H and O–H groups in total. The Morgan fingerprint density at radius 2 is 2.04 bits per heavy atom. The van der Waals surface area contributed by atoms with Gasteiger partial charge in [-0.2, -0.15) is 5.10 Å². The molecule has 7 heteroatoms. The first-order valence-corrected chi connectivity index (χ1v) is 8.74. The molecular formula is C18H21N5O2. The van der Waals surface area contributed by atoms with Gasteiger partial charge in [0.05, 0.1) is 5.69 Å². The van der Waals surface area contributed by atoms with Crippen LogP contribution in [0.25, 0.3) is 5.82 Å². The van der Waals surface area contributed by atoms with E-state index in [-0.39, 0.29) is 12.1 Å². The van der Waals surface area contributed by atoms with Crippen LogP contribution in [0, 0.1) is 5.92 Å². The lowest BCUT2D eigenvalue weighted by molar-refractivity contribution is -0.145. The Labute approximate surface area is 146 Å². The molecule has 2 heterocycles. The maximum absolute atomic E-state index is 12.8. The fourth-order valence-electron chi connectivity index (χ4n) is 3.21. The predicted molar refractivity (Wildman–Crippen MR) is 92.0 cm³/mol. The highest BCUT2D eigenvalue weighted by Gasteiger charge is 2.43. The minimum absolute atomic E-state index is 0.130. The van der Waals surface area contributed by atoms with Crippen LogP contribution in [-0.2, 0) is 9.59 Å². The van der Waals surface area contributed by atoms with Gasteiger partial charge in [0.15, 0.2) is 5.82 Å². The Balaban J connectivity index is 1.53. The van der Waals surface area contributed by atoms with Gasteiger partial charge in [0, 0.05) is 30.7 Å². The molecule has 0 radical (unpaired) electrons. The van der Waals surface area contributed by atoms with Crippen LogP contribution in [0.3, 0.4) is 0 Å². The molecule has 0 spiro atoms. The van der Waals surface area contributed by atoms with Crippen LogP contribution >= 0.6 is 0 Å². The Morgan fingerprint density at radius 3 is 2.68 bits per heavy atom. The number of hydrogen-bond acceptors (Lipinski definition) is 4. The van der Waals surface area contributed by atoms with Crippen molar-refractivity contribution in [1.82, 2.24) is 19.7 Å². The highest BCUT2D eigenvalue weighted by Crippen LogP contribution is 2.39. The molecule has 0 unspecified atom stereocenters. The summed E-state index contributed by atoms with van der Waals surface area (Å²) in [6, 6.07) is 5.57. The number of pyridine rings is 1. The summed E-state index contributed by atoms with van der Waals surface area (Å²) in [7, 11) is 0. The van der Waals surface area contributed by atoms with Crippen molar-refractivity contribution in [3.63, 3.8) is 0 Å². The van der Waals surface area contributed by atoms with E-state index in [1.807, 2.05) is 0 Å². The van der Waals surface area contributed by atoms with Crippen LogP contribution in [0.4, 0.5) is 5.69 Å². The molecule has 2 aromatic heterocycles. The average Bonchev–Trinajstić information content (AvgIpc) is 3.55. The fraction of sp³-hybridized carbons (Fsp3) is 0.444. The third-order valence-corrected chi connectivity index (χ3v) is 4.87. The van der Waals surface area contributed by atoms with Crippen molar-refractivity contribution in [3.05, 3.63) is 36.8 Å². The highest BCUT2D eigenvalue weighted by atomic mass is 16.2. The molecule has 2 amide bonds. The molecule has 0 aliphatic heterocycles. The van der Waals surface area contributed by atoms with E-state index in [2.05, 4.69) is 22.3 Å². The Kier molecular flexibility index (Phi) is 3.99. The van der Waals surface area contributed by atoms with Crippen molar-refractivity contribution in [1.29, 1.82) is 0 Å². The average molecular weight is 339 g/mol. The molecule has 1 atom stereocenters. The first kappa shape index (κ1) is 15.8. The number of carbonyl (C=O) groups is 2. The molecule has 2 saturated carbocycles. The molecule has 2 aliphatic carbocycles. The van der Waals surface area contributed by atoms with Gasteiger partial charge in [-0.1, -0.05) is 0 Å². The number of rotatable bonds is 5. The van der Waals surface area contributed by atoms with E-state index < -0.39 is 11.8 Å². The molecular weight excluding hydrogens is 318 g/mol. The fourth-order valence-corrected chi connectivity index (χ4v) is 3.21. The summed E-state index contributed by atoms with van der Waals surface area (Å²) in [6.07, 6.45) is 9.27. The normalized spacial score (nSPS) is 17.8. The summed E-state index contributed by atoms with van der Waals surface area (Å²) >= 11 is 0. The molecule has 0 saturated heterocycles. The topological polar surface area (TPSA) is 80.1 Å². The maximum atomic E-state index is 12.8. The SMILES string of the molecule is C[C@@H](C1CC1)N(C(=O)C(=O)Nc1cccnc1-n1cccn1)C1CC1. The van der Waals surface area contributed by atoms with Gasteiger partial charge in [0.25, 0.3) is 0 Å². The second-order valence-electron chi connectivity index (χ2n) is 6.80. The molecule has 130 valence electrons. The van der Waals surface area contributed by atoms with E-state index in [1.165, 1.54) is 0 Å². The van der Waals surface area contributed by atoms with Gasteiger partial charge in [-0.3, -0.25) is 9.59 Å². The zero-order valence-corrected chi connectivity index (χ0v) is 14.1. The van der Waals surface area contributed by atoms with Crippen molar-refractivity contribution >= 4 is 17.5 Å². The van der Waals surface area contributed by atoms with Gasteiger partial charge in [-0.25, -0.2) is 9.67 Å². The summed E-state index contributed by atoms with van der Waals surface area (Å²) in [5.41, 5.74) is 0.472. The lowest BCUT2D eigenvalue weighted by atomic mass is 10.1. The predicted octanol–water partition coefficient (Wildman–Crippen LogP) is 2.00. The summed E-state index contributed by atoms with van der Waals surface area (Å²) in [4.78, 5) is 31.4. The van der Waals surface area contributed by atoms with E-state index in [0.717, 1.165) is 25.7 Å². The standard InChI is InChI=1S/C18H21N5O2/c1-12(13-5-6-13)23(14-7-8-14)18(25)17(24)21-15-4-2-9-19-16(15)22-11-3-10-20-22/h2-4,9-14H,5-8H2,1H3,(H,21,24)/t12-/m0/s1. The lowest BCUT2D eigenvalue weighted by Gasteiger charge is -2.28. The molecule has 2 fully saturated rings. The zero-order chi connectivity index (χ0) is 17.4. The van der Waals surface area contributed by atoms with Gasteiger partial charge < -0.3 is 10.2 Å². The third-order valence-electron chi connectivity index (χ3n) is 4.87. The largest absolute Gasteiger partial charge is 0.328 e. The van der Waals surface area contributed by atoms with Crippen LogP contribution < -0.4 is 5.32 Å². The number of amides is 2. The second-order valence-corrected chi connectivity index (χ2v) is 6.80. The Hall–Kier alpha value is -2.70. The molecule has 7 nitrogen and oxygen atoms in total. The van der Waals surface area contributed by atoms with Gasteiger partial charge in [-0.05, 0) is 56.7 Å². The van der Waals surface area contributed by atoms with E-state index in [1.54, 1.807) is 46.4 Å². The molecule has 2 aromatic rings. The van der Waals surface area contributed by atoms with Crippen LogP contribution in [0.5, 0.6) is 0 Å². The lowest BCUT2D eigenvalue weighted by Crippen LogP contribution is -2.47. The van der Waals surface area contributed by atoms with Crippen molar-refractivity contribution in [3.8, 4) is 5.82 Å². The third kappa shape index (κ3) is 3.26. The van der Waals surface area contributed by atoms with Crippen molar-refractivity contribution in [2.45, 2.75) is 44.7 Å². The molecule has 25 heavy (non-hydrogen) atoms. The molecule has 0 bridgehead atoms. The second kappa shape index (κ2) is 6.31. The minimum atomic E-state index is -0.610. The zero-order valence-electron chi connectivity index (χ0n) is 14.1. The molecule has 0 aromatic carbocycles. The van der Waals surface area contributed by atoms with Gasteiger partial charge in [0.2, 0.25) is 0 Å². The van der Waals surface area contributed by atoms with Crippen LogP contribution in [-0.4, -0.2) is 43.6 Å². The van der Waals surface area contributed by atoms with E-state index >= 15 is 0 Å². The summed E-state index contributed by atoms with van der Waals surface area (Å²) < 4.78 is 1.56. The molecule has 2 aliphatic rings. The summed E-state index contributed by atoms with van der Waals surface area (Å²) in [5, 5.41) is 6.86. The number of nitrogens with zero attached hydrogens (tertiary/aromatic N) is 4. The number of anilines is 1. The molecule has 4 rings (SSSR count). The van der Waals surface area contributed by atoms with Crippen LogP contribution in [0.1, 0.15) is 32.6 Å². The van der Waals surface area contributed by atoms with E-state index in [0.29, 0.717) is 17.4 Å². The monoisotopic (exact) mass is 339 g/mol. The van der Waals surface area contributed by atoms with E-state index in [9.17, 15) is 9.59 Å². The number of aromatic nitrogens is 3. The highest BCUT2D eigenvalue weighted by molar-refractivity contribution is 6.39. The smallest absolute Gasteiger partial charge is 0.314 e. The number of nitrogens with one attached hydrogen (secondary N) is 1. The maximum Gasteiger partial charge on any atom is 0.314 e. The Morgan fingerprint density at radius 1 is 1.24 bits per heavy atom. The number of hydrogen-bond donors (Lipinski definition) is 1. The minimum Gasteiger partial charge on any atom is -0.328 e. The van der Waals surface area contributed by atoms with Gasteiger partial charge in [0.1, 0.15) is 0 Å². The first-order valence-electron chi connectivity index (χ1n) is 8.74. The quantitative estimate of drug-likeness (QED) is 0.845. The summed E-state index contributed by atoms with van der Waals surface area (Å²) in [5.74, 6) is -0.0322. The van der Waals surface area contributed by atoms with Crippen molar-refractivity contribution < 1.29 is 9.59 Å². The van der Waals surface area contributed by atoms with Gasteiger partial charge in [-0.15, -0.1) is 0 Å². The summed E-state index contributed by atoms with van der Waals surface area (Å²) in [6.45, 7) is 2.06. The number of carbonyl (C=O) groups excluding carboxylic acids is 2. The van der Waals surface area contributed by atoms with Crippen molar-refractivity contribution in [2.24, 2.45) is 5.92 Å². The Bertz CT molecular complexity index is 781. The van der Waals surface area contributed by atoms with Crippen molar-refractivity contribution in [2.75, 3.05) is 5.32 Å². The van der Waals surface area contributed by atoms with E-state index in [4.69, 9.17) is 0 Å². The van der Waals surface area contributed by atoms with Crippen LogP contribution in [0.15, 0.2) is 36.8 Å². The van der Waals surface area contributed by atoms with Crippen LogP contribution in [0.2, 0.25) is 0 Å².